The molecule has 2 unspecified atom stereocenters. The van der Waals surface area contributed by atoms with Crippen molar-refractivity contribution in [2.24, 2.45) is 17.8 Å². The van der Waals surface area contributed by atoms with Crippen molar-refractivity contribution < 1.29 is 14.7 Å². The van der Waals surface area contributed by atoms with E-state index in [4.69, 9.17) is 0 Å². The SMILES string of the molecule is CCC1C[C@H](C(=O)N2CCC(N(C)C)C2)[C@H](C(=O)O)C1. The van der Waals surface area contributed by atoms with Crippen molar-refractivity contribution >= 4 is 11.9 Å². The molecule has 1 saturated carbocycles. The van der Waals surface area contributed by atoms with Gasteiger partial charge in [-0.3, -0.25) is 9.59 Å². The number of carbonyl (C=O) groups is 2. The fourth-order valence-electron chi connectivity index (χ4n) is 3.62. The highest BCUT2D eigenvalue weighted by Gasteiger charge is 2.44. The maximum absolute atomic E-state index is 12.6. The number of carbonyl (C=O) groups excluding carboxylic acids is 1. The van der Waals surface area contributed by atoms with Crippen LogP contribution in [0.4, 0.5) is 0 Å². The summed E-state index contributed by atoms with van der Waals surface area (Å²) in [5.41, 5.74) is 0. The van der Waals surface area contributed by atoms with Gasteiger partial charge < -0.3 is 14.9 Å². The highest BCUT2D eigenvalue weighted by Crippen LogP contribution is 2.39. The molecule has 4 atom stereocenters. The van der Waals surface area contributed by atoms with Gasteiger partial charge in [0.15, 0.2) is 0 Å². The van der Waals surface area contributed by atoms with Crippen LogP contribution in [0.3, 0.4) is 0 Å². The predicted molar refractivity (Wildman–Crippen MR) is 76.3 cm³/mol. The molecule has 2 fully saturated rings. The predicted octanol–water partition coefficient (Wildman–Crippen LogP) is 1.29. The van der Waals surface area contributed by atoms with Gasteiger partial charge in [-0.1, -0.05) is 13.3 Å². The van der Waals surface area contributed by atoms with Crippen molar-refractivity contribution in [3.8, 4) is 0 Å². The third-order valence-corrected chi connectivity index (χ3v) is 5.08. The molecule has 2 aliphatic rings. The maximum Gasteiger partial charge on any atom is 0.307 e. The fraction of sp³-hybridized carbons (Fsp3) is 0.867. The third-order valence-electron chi connectivity index (χ3n) is 5.08. The summed E-state index contributed by atoms with van der Waals surface area (Å²) < 4.78 is 0. The van der Waals surface area contributed by atoms with Crippen LogP contribution in [0.5, 0.6) is 0 Å². The van der Waals surface area contributed by atoms with Crippen LogP contribution in [-0.2, 0) is 9.59 Å². The summed E-state index contributed by atoms with van der Waals surface area (Å²) in [7, 11) is 4.06. The summed E-state index contributed by atoms with van der Waals surface area (Å²) >= 11 is 0. The van der Waals surface area contributed by atoms with Gasteiger partial charge in [0.1, 0.15) is 0 Å². The molecule has 5 nitrogen and oxygen atoms in total. The van der Waals surface area contributed by atoms with Crippen molar-refractivity contribution in [1.29, 1.82) is 0 Å². The first-order valence-electron chi connectivity index (χ1n) is 7.62. The zero-order valence-corrected chi connectivity index (χ0v) is 12.7. The Hall–Kier alpha value is -1.10. The van der Waals surface area contributed by atoms with Crippen LogP contribution in [0.1, 0.15) is 32.6 Å². The number of likely N-dealkylation sites (tertiary alicyclic amines) is 1. The molecule has 0 aromatic carbocycles. The molecular weight excluding hydrogens is 256 g/mol. The summed E-state index contributed by atoms with van der Waals surface area (Å²) in [5.74, 6) is -1.14. The Kier molecular flexibility index (Phi) is 4.68. The summed E-state index contributed by atoms with van der Waals surface area (Å²) in [5, 5.41) is 9.35. The number of rotatable bonds is 4. The van der Waals surface area contributed by atoms with E-state index >= 15 is 0 Å². The summed E-state index contributed by atoms with van der Waals surface area (Å²) in [4.78, 5) is 28.0. The first kappa shape index (κ1) is 15.3. The molecule has 20 heavy (non-hydrogen) atoms. The quantitative estimate of drug-likeness (QED) is 0.844. The Balaban J connectivity index is 2.02. The molecule has 0 aromatic rings. The molecule has 1 amide bonds. The third kappa shape index (κ3) is 2.97. The van der Waals surface area contributed by atoms with E-state index in [2.05, 4.69) is 11.8 Å². The Labute approximate surface area is 120 Å². The van der Waals surface area contributed by atoms with Gasteiger partial charge in [-0.15, -0.1) is 0 Å². The molecule has 0 bridgehead atoms. The number of aliphatic carboxylic acids is 1. The molecule has 1 heterocycles. The first-order chi connectivity index (χ1) is 9.43. The molecule has 1 aliphatic carbocycles. The average molecular weight is 282 g/mol. The van der Waals surface area contributed by atoms with Crippen LogP contribution in [-0.4, -0.2) is 60.0 Å². The van der Waals surface area contributed by atoms with Crippen LogP contribution in [0, 0.1) is 17.8 Å². The number of likely N-dealkylation sites (N-methyl/N-ethyl adjacent to an activating group) is 1. The van der Waals surface area contributed by atoms with Crippen molar-refractivity contribution in [2.45, 2.75) is 38.6 Å². The minimum Gasteiger partial charge on any atom is -0.481 e. The summed E-state index contributed by atoms with van der Waals surface area (Å²) in [6, 6.07) is 0.408. The van der Waals surface area contributed by atoms with Crippen LogP contribution >= 0.6 is 0 Å². The van der Waals surface area contributed by atoms with Crippen molar-refractivity contribution in [3.63, 3.8) is 0 Å². The van der Waals surface area contributed by atoms with Gasteiger partial charge in [-0.2, -0.15) is 0 Å². The molecule has 0 spiro atoms. The van der Waals surface area contributed by atoms with Crippen LogP contribution in [0.15, 0.2) is 0 Å². The summed E-state index contributed by atoms with van der Waals surface area (Å²) in [6.45, 7) is 3.58. The van der Waals surface area contributed by atoms with E-state index in [1.807, 2.05) is 19.0 Å². The number of hydrogen-bond donors (Lipinski definition) is 1. The van der Waals surface area contributed by atoms with Crippen LogP contribution in [0.25, 0.3) is 0 Å². The second-order valence-corrected chi connectivity index (χ2v) is 6.49. The largest absolute Gasteiger partial charge is 0.481 e. The monoisotopic (exact) mass is 282 g/mol. The van der Waals surface area contributed by atoms with E-state index in [0.29, 0.717) is 18.4 Å². The van der Waals surface area contributed by atoms with Crippen LogP contribution < -0.4 is 0 Å². The van der Waals surface area contributed by atoms with Gasteiger partial charge in [-0.05, 0) is 39.3 Å². The average Bonchev–Trinajstić information content (AvgIpc) is 3.04. The highest BCUT2D eigenvalue weighted by atomic mass is 16.4. The molecule has 1 aliphatic heterocycles. The standard InChI is InChI=1S/C15H26N2O3/c1-4-10-7-12(13(8-10)15(19)20)14(18)17-6-5-11(9-17)16(2)3/h10-13H,4-9H2,1-3H3,(H,19,20)/t10?,11?,12-,13+/m0/s1. The van der Waals surface area contributed by atoms with Crippen molar-refractivity contribution in [1.82, 2.24) is 9.80 Å². The number of nitrogens with zero attached hydrogens (tertiary/aromatic N) is 2. The Bertz CT molecular complexity index is 383. The molecule has 114 valence electrons. The zero-order valence-electron chi connectivity index (χ0n) is 12.7. The smallest absolute Gasteiger partial charge is 0.307 e. The van der Waals surface area contributed by atoms with Gasteiger partial charge in [0.25, 0.3) is 0 Å². The topological polar surface area (TPSA) is 60.9 Å². The van der Waals surface area contributed by atoms with Crippen molar-refractivity contribution in [2.75, 3.05) is 27.2 Å². The molecule has 2 rings (SSSR count). The Morgan fingerprint density at radius 1 is 1.25 bits per heavy atom. The molecule has 0 radical (unpaired) electrons. The van der Waals surface area contributed by atoms with E-state index in [1.54, 1.807) is 0 Å². The Morgan fingerprint density at radius 2 is 1.90 bits per heavy atom. The molecular formula is C15H26N2O3. The molecule has 0 aromatic heterocycles. The lowest BCUT2D eigenvalue weighted by molar-refractivity contribution is -0.148. The minimum atomic E-state index is -0.803. The minimum absolute atomic E-state index is 0.0673. The van der Waals surface area contributed by atoms with Gasteiger partial charge in [0.05, 0.1) is 11.8 Å². The van der Waals surface area contributed by atoms with E-state index in [-0.39, 0.29) is 11.8 Å². The van der Waals surface area contributed by atoms with Crippen LogP contribution in [0.2, 0.25) is 0 Å². The lowest BCUT2D eigenvalue weighted by Gasteiger charge is -2.24. The van der Waals surface area contributed by atoms with E-state index in [9.17, 15) is 14.7 Å². The maximum atomic E-state index is 12.6. The van der Waals surface area contributed by atoms with E-state index < -0.39 is 11.9 Å². The lowest BCUT2D eigenvalue weighted by atomic mass is 9.95. The van der Waals surface area contributed by atoms with E-state index in [1.165, 1.54) is 0 Å². The molecule has 1 N–H and O–H groups in total. The Morgan fingerprint density at radius 3 is 2.40 bits per heavy atom. The van der Waals surface area contributed by atoms with Gasteiger partial charge in [-0.25, -0.2) is 0 Å². The van der Waals surface area contributed by atoms with Crippen molar-refractivity contribution in [3.05, 3.63) is 0 Å². The first-order valence-corrected chi connectivity index (χ1v) is 7.62. The molecule has 1 saturated heterocycles. The number of carboxylic acids is 1. The summed E-state index contributed by atoms with van der Waals surface area (Å²) in [6.07, 6.45) is 3.36. The number of hydrogen-bond acceptors (Lipinski definition) is 3. The lowest BCUT2D eigenvalue weighted by Crippen LogP contribution is -2.40. The highest BCUT2D eigenvalue weighted by molar-refractivity contribution is 5.85. The van der Waals surface area contributed by atoms with E-state index in [0.717, 1.165) is 32.4 Å². The van der Waals surface area contributed by atoms with Gasteiger partial charge in [0.2, 0.25) is 5.91 Å². The van der Waals surface area contributed by atoms with Gasteiger partial charge >= 0.3 is 5.97 Å². The fourth-order valence-corrected chi connectivity index (χ4v) is 3.62. The second kappa shape index (κ2) is 6.12. The second-order valence-electron chi connectivity index (χ2n) is 6.49. The van der Waals surface area contributed by atoms with Gasteiger partial charge in [0, 0.05) is 19.1 Å². The number of carboxylic acid groups (broad SMARTS) is 1. The zero-order chi connectivity index (χ0) is 14.9. The molecule has 5 heteroatoms. The normalized spacial score (nSPS) is 33.9. The number of amides is 1.